The van der Waals surface area contributed by atoms with E-state index in [0.717, 1.165) is 28.5 Å². The van der Waals surface area contributed by atoms with Crippen molar-refractivity contribution in [1.29, 1.82) is 5.26 Å². The van der Waals surface area contributed by atoms with Crippen LogP contribution in [0.3, 0.4) is 0 Å². The lowest BCUT2D eigenvalue weighted by Crippen LogP contribution is -1.88. The summed E-state index contributed by atoms with van der Waals surface area (Å²) in [5.41, 5.74) is 3.04. The maximum absolute atomic E-state index is 8.54. The largest absolute Gasteiger partial charge is 0.236 e. The third kappa shape index (κ3) is 2.15. The number of aryl methyl sites for hydroxylation is 2. The van der Waals surface area contributed by atoms with Gasteiger partial charge >= 0.3 is 0 Å². The van der Waals surface area contributed by atoms with Gasteiger partial charge in [0.25, 0.3) is 0 Å². The number of halogens is 1. The molecule has 3 heteroatoms. The van der Waals surface area contributed by atoms with E-state index in [4.69, 9.17) is 16.9 Å². The van der Waals surface area contributed by atoms with E-state index in [1.54, 1.807) is 0 Å². The second kappa shape index (κ2) is 4.51. The second-order valence-corrected chi connectivity index (χ2v) is 4.14. The van der Waals surface area contributed by atoms with Crippen LogP contribution in [-0.4, -0.2) is 4.98 Å². The van der Waals surface area contributed by atoms with Gasteiger partial charge in [0.1, 0.15) is 5.15 Å². The molecule has 2 rings (SSSR count). The molecule has 0 aliphatic rings. The lowest BCUT2D eigenvalue weighted by Gasteiger charge is -2.03. The normalized spacial score (nSPS) is 10.3. The fourth-order valence-corrected chi connectivity index (χ4v) is 1.81. The van der Waals surface area contributed by atoms with E-state index in [-0.39, 0.29) is 0 Å². The van der Waals surface area contributed by atoms with Gasteiger partial charge in [0, 0.05) is 11.8 Å². The van der Waals surface area contributed by atoms with Crippen LogP contribution in [0, 0.1) is 18.3 Å². The van der Waals surface area contributed by atoms with Crippen molar-refractivity contribution >= 4 is 22.5 Å². The molecular weight excluding hydrogens is 220 g/mol. The molecule has 0 aliphatic heterocycles. The first kappa shape index (κ1) is 10.9. The van der Waals surface area contributed by atoms with Crippen molar-refractivity contribution in [2.24, 2.45) is 0 Å². The van der Waals surface area contributed by atoms with Crippen LogP contribution >= 0.6 is 11.6 Å². The molecule has 2 aromatic rings. The van der Waals surface area contributed by atoms with Crippen LogP contribution in [0.1, 0.15) is 17.5 Å². The Kier molecular flexibility index (Phi) is 3.07. The van der Waals surface area contributed by atoms with Crippen LogP contribution in [0.15, 0.2) is 24.3 Å². The van der Waals surface area contributed by atoms with Gasteiger partial charge in [-0.05, 0) is 42.7 Å². The maximum Gasteiger partial charge on any atom is 0.132 e. The molecule has 80 valence electrons. The summed E-state index contributed by atoms with van der Waals surface area (Å²) in [4.78, 5) is 4.30. The molecule has 0 radical (unpaired) electrons. The molecule has 1 heterocycles. The Hall–Kier alpha value is -1.59. The Bertz CT molecular complexity index is 570. The number of pyridine rings is 1. The molecule has 0 saturated heterocycles. The number of benzene rings is 1. The molecule has 0 atom stereocenters. The van der Waals surface area contributed by atoms with Gasteiger partial charge in [0.05, 0.1) is 11.6 Å². The van der Waals surface area contributed by atoms with E-state index in [9.17, 15) is 0 Å². The first-order chi connectivity index (χ1) is 7.70. The summed E-state index contributed by atoms with van der Waals surface area (Å²) in [7, 11) is 0. The zero-order chi connectivity index (χ0) is 11.5. The summed E-state index contributed by atoms with van der Waals surface area (Å²) in [6, 6.07) is 10.2. The van der Waals surface area contributed by atoms with Crippen molar-refractivity contribution in [2.75, 3.05) is 0 Å². The molecule has 0 fully saturated rings. The minimum atomic E-state index is 0.547. The Morgan fingerprint density at radius 1 is 1.38 bits per heavy atom. The molecular formula is C13H11ClN2. The van der Waals surface area contributed by atoms with Crippen LogP contribution in [0.25, 0.3) is 10.9 Å². The molecule has 0 unspecified atom stereocenters. The van der Waals surface area contributed by atoms with Crippen molar-refractivity contribution in [3.63, 3.8) is 0 Å². The molecule has 1 aromatic heterocycles. The molecule has 0 bridgehead atoms. The predicted octanol–water partition coefficient (Wildman–Crippen LogP) is 3.65. The van der Waals surface area contributed by atoms with Crippen molar-refractivity contribution in [1.82, 2.24) is 4.98 Å². The van der Waals surface area contributed by atoms with Gasteiger partial charge in [0.15, 0.2) is 0 Å². The van der Waals surface area contributed by atoms with Crippen molar-refractivity contribution < 1.29 is 0 Å². The minimum absolute atomic E-state index is 0.547. The van der Waals surface area contributed by atoms with Crippen LogP contribution < -0.4 is 0 Å². The van der Waals surface area contributed by atoms with E-state index in [1.807, 2.05) is 25.1 Å². The minimum Gasteiger partial charge on any atom is -0.236 e. The molecule has 0 spiro atoms. The lowest BCUT2D eigenvalue weighted by molar-refractivity contribution is 1.01. The van der Waals surface area contributed by atoms with Crippen molar-refractivity contribution in [2.45, 2.75) is 19.8 Å². The monoisotopic (exact) mass is 230 g/mol. The quantitative estimate of drug-likeness (QED) is 0.739. The number of fused-ring (bicyclic) bond motifs is 1. The third-order valence-corrected chi connectivity index (χ3v) is 2.92. The smallest absolute Gasteiger partial charge is 0.132 e. The average Bonchev–Trinajstić information content (AvgIpc) is 2.28. The fraction of sp³-hybridized carbons (Fsp3) is 0.231. The Morgan fingerprint density at radius 2 is 2.19 bits per heavy atom. The van der Waals surface area contributed by atoms with Crippen molar-refractivity contribution in [3.05, 3.63) is 40.5 Å². The third-order valence-electron chi connectivity index (χ3n) is 2.53. The average molecular weight is 231 g/mol. The Balaban J connectivity index is 2.46. The van der Waals surface area contributed by atoms with Gasteiger partial charge in [-0.25, -0.2) is 4.98 Å². The number of hydrogen-bond donors (Lipinski definition) is 0. The van der Waals surface area contributed by atoms with Gasteiger partial charge in [0.2, 0.25) is 0 Å². The predicted molar refractivity (Wildman–Crippen MR) is 65.4 cm³/mol. The topological polar surface area (TPSA) is 36.7 Å². The molecule has 0 N–H and O–H groups in total. The molecule has 2 nitrogen and oxygen atoms in total. The molecule has 0 amide bonds. The molecule has 0 saturated carbocycles. The molecule has 1 aromatic carbocycles. The molecule has 0 aliphatic carbocycles. The van der Waals surface area contributed by atoms with E-state index in [1.165, 1.54) is 0 Å². The summed E-state index contributed by atoms with van der Waals surface area (Å²) >= 11 is 5.96. The lowest BCUT2D eigenvalue weighted by atomic mass is 10.1. The van der Waals surface area contributed by atoms with Crippen LogP contribution in [0.2, 0.25) is 5.15 Å². The van der Waals surface area contributed by atoms with E-state index in [2.05, 4.69) is 17.1 Å². The zero-order valence-electron chi connectivity index (χ0n) is 9.00. The highest BCUT2D eigenvalue weighted by Gasteiger charge is 2.02. The Morgan fingerprint density at radius 3 is 2.94 bits per heavy atom. The number of rotatable bonds is 2. The number of aromatic nitrogens is 1. The van der Waals surface area contributed by atoms with E-state index >= 15 is 0 Å². The number of hydrogen-bond acceptors (Lipinski definition) is 2. The van der Waals surface area contributed by atoms with Gasteiger partial charge in [-0.3, -0.25) is 0 Å². The first-order valence-electron chi connectivity index (χ1n) is 5.13. The highest BCUT2D eigenvalue weighted by Crippen LogP contribution is 2.21. The van der Waals surface area contributed by atoms with E-state index < -0.39 is 0 Å². The number of nitrogens with zero attached hydrogens (tertiary/aromatic N) is 2. The van der Waals surface area contributed by atoms with Crippen molar-refractivity contribution in [3.8, 4) is 6.07 Å². The summed E-state index contributed by atoms with van der Waals surface area (Å²) in [5, 5.41) is 10.2. The van der Waals surface area contributed by atoms with Crippen LogP contribution in [-0.2, 0) is 6.42 Å². The molecule has 16 heavy (non-hydrogen) atoms. The summed E-state index contributed by atoms with van der Waals surface area (Å²) in [5.74, 6) is 0. The standard InChI is InChI=1S/C13H11ClN2/c1-9-7-11-8-10(3-2-6-15)4-5-12(11)16-13(9)14/h4-5,7-8H,2-3H2,1H3. The van der Waals surface area contributed by atoms with Gasteiger partial charge in [-0.15, -0.1) is 0 Å². The van der Waals surface area contributed by atoms with Gasteiger partial charge in [-0.2, -0.15) is 5.26 Å². The first-order valence-corrected chi connectivity index (χ1v) is 5.51. The van der Waals surface area contributed by atoms with Crippen LogP contribution in [0.4, 0.5) is 0 Å². The van der Waals surface area contributed by atoms with Gasteiger partial charge in [-0.1, -0.05) is 17.7 Å². The summed E-state index contributed by atoms with van der Waals surface area (Å²) < 4.78 is 0. The fourth-order valence-electron chi connectivity index (χ4n) is 1.66. The zero-order valence-corrected chi connectivity index (χ0v) is 9.75. The van der Waals surface area contributed by atoms with Crippen LogP contribution in [0.5, 0.6) is 0 Å². The summed E-state index contributed by atoms with van der Waals surface area (Å²) in [6.07, 6.45) is 1.33. The Labute approximate surface area is 99.5 Å². The summed E-state index contributed by atoms with van der Waals surface area (Å²) in [6.45, 7) is 1.94. The highest BCUT2D eigenvalue weighted by molar-refractivity contribution is 6.30. The SMILES string of the molecule is Cc1cc2cc(CCC#N)ccc2nc1Cl. The van der Waals surface area contributed by atoms with Gasteiger partial charge < -0.3 is 0 Å². The number of nitriles is 1. The second-order valence-electron chi connectivity index (χ2n) is 3.78. The maximum atomic E-state index is 8.54. The van der Waals surface area contributed by atoms with E-state index in [0.29, 0.717) is 11.6 Å². The highest BCUT2D eigenvalue weighted by atomic mass is 35.5.